The van der Waals surface area contributed by atoms with Crippen LogP contribution in [0.1, 0.15) is 35.2 Å². The summed E-state index contributed by atoms with van der Waals surface area (Å²) in [6.45, 7) is 1.03. The number of carbonyl (C=O) groups excluding carboxylic acids is 1. The standard InChI is InChI=1S/C14H19NO3/c1-18-14-8-11(9-16)10(7-13(14)17)6-12-4-2-3-5-15-12/h7-9,12,15,17H,2-6H2,1H3. The molecule has 1 atom stereocenters. The van der Waals surface area contributed by atoms with Crippen LogP contribution in [0.25, 0.3) is 0 Å². The van der Waals surface area contributed by atoms with E-state index in [2.05, 4.69) is 5.32 Å². The Hall–Kier alpha value is -1.55. The van der Waals surface area contributed by atoms with Gasteiger partial charge >= 0.3 is 0 Å². The van der Waals surface area contributed by atoms with E-state index in [0.717, 1.165) is 31.2 Å². The van der Waals surface area contributed by atoms with Crippen LogP contribution in [-0.4, -0.2) is 31.1 Å². The topological polar surface area (TPSA) is 58.6 Å². The van der Waals surface area contributed by atoms with Crippen molar-refractivity contribution in [3.8, 4) is 11.5 Å². The van der Waals surface area contributed by atoms with Gasteiger partial charge in [0, 0.05) is 11.6 Å². The predicted molar refractivity (Wildman–Crippen MR) is 69.4 cm³/mol. The molecule has 4 nitrogen and oxygen atoms in total. The number of methoxy groups -OCH3 is 1. The number of benzene rings is 1. The van der Waals surface area contributed by atoms with Crippen LogP contribution in [-0.2, 0) is 6.42 Å². The van der Waals surface area contributed by atoms with Crippen LogP contribution in [0.15, 0.2) is 12.1 Å². The quantitative estimate of drug-likeness (QED) is 0.800. The molecule has 1 heterocycles. The molecule has 1 fully saturated rings. The summed E-state index contributed by atoms with van der Waals surface area (Å²) in [7, 11) is 1.48. The highest BCUT2D eigenvalue weighted by Crippen LogP contribution is 2.30. The monoisotopic (exact) mass is 249 g/mol. The molecule has 2 N–H and O–H groups in total. The summed E-state index contributed by atoms with van der Waals surface area (Å²) in [6, 6.07) is 3.63. The number of aromatic hydroxyl groups is 1. The van der Waals surface area contributed by atoms with Gasteiger partial charge in [0.05, 0.1) is 7.11 Å². The van der Waals surface area contributed by atoms with Crippen LogP contribution in [0.5, 0.6) is 11.5 Å². The maximum Gasteiger partial charge on any atom is 0.161 e. The van der Waals surface area contributed by atoms with E-state index >= 15 is 0 Å². The Bertz CT molecular complexity index is 425. The molecule has 2 rings (SSSR count). The van der Waals surface area contributed by atoms with Crippen molar-refractivity contribution in [3.63, 3.8) is 0 Å². The third kappa shape index (κ3) is 2.82. The van der Waals surface area contributed by atoms with Gasteiger partial charge in [0.1, 0.15) is 6.29 Å². The molecule has 1 aromatic rings. The van der Waals surface area contributed by atoms with Crippen molar-refractivity contribution in [1.29, 1.82) is 0 Å². The molecule has 98 valence electrons. The Labute approximate surface area is 107 Å². The molecule has 1 unspecified atom stereocenters. The van der Waals surface area contributed by atoms with E-state index in [1.807, 2.05) is 0 Å². The molecule has 18 heavy (non-hydrogen) atoms. The number of phenolic OH excluding ortho intramolecular Hbond substituents is 1. The summed E-state index contributed by atoms with van der Waals surface area (Å²) >= 11 is 0. The molecule has 0 aromatic heterocycles. The molecule has 1 aliphatic heterocycles. The van der Waals surface area contributed by atoms with Gasteiger partial charge in [-0.25, -0.2) is 0 Å². The Morgan fingerprint density at radius 1 is 1.50 bits per heavy atom. The molecule has 0 aliphatic carbocycles. The molecular formula is C14H19NO3. The van der Waals surface area contributed by atoms with E-state index in [1.54, 1.807) is 12.1 Å². The zero-order chi connectivity index (χ0) is 13.0. The number of rotatable bonds is 4. The Kier molecular flexibility index (Phi) is 4.20. The minimum Gasteiger partial charge on any atom is -0.504 e. The lowest BCUT2D eigenvalue weighted by Crippen LogP contribution is -2.35. The summed E-state index contributed by atoms with van der Waals surface area (Å²) in [4.78, 5) is 11.1. The first-order valence-corrected chi connectivity index (χ1v) is 6.33. The van der Waals surface area contributed by atoms with Crippen LogP contribution in [0, 0.1) is 0 Å². The lowest BCUT2D eigenvalue weighted by Gasteiger charge is -2.24. The summed E-state index contributed by atoms with van der Waals surface area (Å²) in [5.74, 6) is 0.436. The molecule has 0 saturated carbocycles. The predicted octanol–water partition coefficient (Wildman–Crippen LogP) is 1.90. The first-order valence-electron chi connectivity index (χ1n) is 6.33. The van der Waals surface area contributed by atoms with E-state index in [1.165, 1.54) is 20.0 Å². The number of ether oxygens (including phenoxy) is 1. The number of hydrogen-bond acceptors (Lipinski definition) is 4. The fourth-order valence-corrected chi connectivity index (χ4v) is 2.44. The Balaban J connectivity index is 2.20. The number of aldehydes is 1. The molecule has 0 spiro atoms. The molecule has 1 aromatic carbocycles. The van der Waals surface area contributed by atoms with Crippen molar-refractivity contribution in [3.05, 3.63) is 23.3 Å². The maximum absolute atomic E-state index is 11.1. The van der Waals surface area contributed by atoms with Crippen molar-refractivity contribution in [1.82, 2.24) is 5.32 Å². The van der Waals surface area contributed by atoms with Gasteiger partial charge < -0.3 is 15.2 Å². The Morgan fingerprint density at radius 3 is 2.94 bits per heavy atom. The molecule has 0 bridgehead atoms. The smallest absolute Gasteiger partial charge is 0.161 e. The van der Waals surface area contributed by atoms with Crippen LogP contribution in [0.2, 0.25) is 0 Å². The average Bonchev–Trinajstić information content (AvgIpc) is 2.40. The van der Waals surface area contributed by atoms with E-state index in [0.29, 0.717) is 17.4 Å². The molecule has 1 saturated heterocycles. The largest absolute Gasteiger partial charge is 0.504 e. The van der Waals surface area contributed by atoms with Gasteiger partial charge in [0.2, 0.25) is 0 Å². The fourth-order valence-electron chi connectivity index (χ4n) is 2.44. The van der Waals surface area contributed by atoms with Gasteiger partial charge in [-0.15, -0.1) is 0 Å². The molecule has 0 amide bonds. The van der Waals surface area contributed by atoms with Gasteiger partial charge in [-0.05, 0) is 43.5 Å². The normalized spacial score (nSPS) is 19.5. The van der Waals surface area contributed by atoms with E-state index < -0.39 is 0 Å². The maximum atomic E-state index is 11.1. The average molecular weight is 249 g/mol. The first kappa shape index (κ1) is 12.9. The van der Waals surface area contributed by atoms with Crippen LogP contribution in [0.3, 0.4) is 0 Å². The van der Waals surface area contributed by atoms with E-state index in [4.69, 9.17) is 4.74 Å². The van der Waals surface area contributed by atoms with Gasteiger partial charge in [0.15, 0.2) is 11.5 Å². The van der Waals surface area contributed by atoms with Gasteiger partial charge in [0.25, 0.3) is 0 Å². The molecular weight excluding hydrogens is 230 g/mol. The highest BCUT2D eigenvalue weighted by molar-refractivity contribution is 5.79. The second-order valence-corrected chi connectivity index (χ2v) is 4.69. The fraction of sp³-hybridized carbons (Fsp3) is 0.500. The van der Waals surface area contributed by atoms with Crippen molar-refractivity contribution in [2.24, 2.45) is 0 Å². The van der Waals surface area contributed by atoms with Crippen molar-refractivity contribution in [2.75, 3.05) is 13.7 Å². The number of nitrogens with one attached hydrogen (secondary N) is 1. The SMILES string of the molecule is COc1cc(C=O)c(CC2CCCCN2)cc1O. The van der Waals surface area contributed by atoms with Gasteiger partial charge in [-0.1, -0.05) is 6.42 Å². The third-order valence-corrected chi connectivity index (χ3v) is 3.45. The number of carbonyl (C=O) groups is 1. The third-order valence-electron chi connectivity index (χ3n) is 3.45. The lowest BCUT2D eigenvalue weighted by atomic mass is 9.95. The van der Waals surface area contributed by atoms with Crippen molar-refractivity contribution in [2.45, 2.75) is 31.7 Å². The second-order valence-electron chi connectivity index (χ2n) is 4.69. The lowest BCUT2D eigenvalue weighted by molar-refractivity contribution is 0.112. The van der Waals surface area contributed by atoms with Gasteiger partial charge in [-0.2, -0.15) is 0 Å². The minimum atomic E-state index is 0.0916. The number of phenols is 1. The molecule has 1 aliphatic rings. The van der Waals surface area contributed by atoms with Crippen LogP contribution in [0.4, 0.5) is 0 Å². The second kappa shape index (κ2) is 5.87. The van der Waals surface area contributed by atoms with Crippen LogP contribution >= 0.6 is 0 Å². The van der Waals surface area contributed by atoms with Crippen LogP contribution < -0.4 is 10.1 Å². The highest BCUT2D eigenvalue weighted by atomic mass is 16.5. The Morgan fingerprint density at radius 2 is 2.33 bits per heavy atom. The van der Waals surface area contributed by atoms with E-state index in [-0.39, 0.29) is 5.75 Å². The molecule has 0 radical (unpaired) electrons. The van der Waals surface area contributed by atoms with Crippen molar-refractivity contribution < 1.29 is 14.6 Å². The molecule has 4 heteroatoms. The zero-order valence-corrected chi connectivity index (χ0v) is 10.6. The van der Waals surface area contributed by atoms with E-state index in [9.17, 15) is 9.90 Å². The summed E-state index contributed by atoms with van der Waals surface area (Å²) < 4.78 is 5.01. The minimum absolute atomic E-state index is 0.0916. The summed E-state index contributed by atoms with van der Waals surface area (Å²) in [6.07, 6.45) is 5.14. The zero-order valence-electron chi connectivity index (χ0n) is 10.6. The number of hydrogen-bond donors (Lipinski definition) is 2. The highest BCUT2D eigenvalue weighted by Gasteiger charge is 2.16. The summed E-state index contributed by atoms with van der Waals surface area (Å²) in [5.41, 5.74) is 1.47. The first-order chi connectivity index (χ1) is 8.74. The van der Waals surface area contributed by atoms with Gasteiger partial charge in [-0.3, -0.25) is 4.79 Å². The summed E-state index contributed by atoms with van der Waals surface area (Å²) in [5, 5.41) is 13.2. The van der Waals surface area contributed by atoms with Crippen molar-refractivity contribution >= 4 is 6.29 Å². The number of piperidine rings is 1.